The van der Waals surface area contributed by atoms with Crippen LogP contribution >= 0.6 is 0 Å². The molecule has 1 aliphatic heterocycles. The number of sulfonamides is 1. The minimum Gasteiger partial charge on any atom is -0.317 e. The molecule has 0 unspecified atom stereocenters. The molecule has 7 nitrogen and oxygen atoms in total. The fourth-order valence-electron chi connectivity index (χ4n) is 3.51. The molecule has 4 rings (SSSR count). The zero-order valence-corrected chi connectivity index (χ0v) is 17.2. The van der Waals surface area contributed by atoms with E-state index in [1.54, 1.807) is 19.3 Å². The monoisotopic (exact) mass is 423 g/mol. The van der Waals surface area contributed by atoms with Crippen LogP contribution in [0.3, 0.4) is 0 Å². The van der Waals surface area contributed by atoms with Crippen molar-refractivity contribution < 1.29 is 13.2 Å². The number of nitrogens with one attached hydrogen (secondary N) is 1. The van der Waals surface area contributed by atoms with Crippen LogP contribution in [0.25, 0.3) is 0 Å². The molecule has 0 saturated carbocycles. The number of anilines is 1. The second-order valence-corrected chi connectivity index (χ2v) is 9.12. The zero-order valence-electron chi connectivity index (χ0n) is 16.4. The van der Waals surface area contributed by atoms with Crippen LogP contribution in [0.1, 0.15) is 21.5 Å². The molecule has 8 heteroatoms. The van der Waals surface area contributed by atoms with E-state index < -0.39 is 15.9 Å². The van der Waals surface area contributed by atoms with E-state index in [1.807, 2.05) is 24.3 Å². The van der Waals surface area contributed by atoms with Gasteiger partial charge in [-0.05, 0) is 47.9 Å². The second-order valence-electron chi connectivity index (χ2n) is 7.18. The van der Waals surface area contributed by atoms with Crippen molar-refractivity contribution in [3.8, 4) is 0 Å². The van der Waals surface area contributed by atoms with Crippen LogP contribution < -0.4 is 10.9 Å². The number of hydrogen-bond acceptors (Lipinski definition) is 4. The molecule has 1 aromatic heterocycles. The standard InChI is InChI=1S/C22H21N3O4S/c1-24-12-5-10-20(22(24)27)23-21(26)17-8-4-9-19(14-17)30(28,29)25-13-11-16-6-2-3-7-18(16)15-25/h2-10,12,14H,11,13,15H2,1H3,(H,23,26). The molecular weight excluding hydrogens is 402 g/mol. The van der Waals surface area contributed by atoms with Gasteiger partial charge in [-0.1, -0.05) is 30.3 Å². The van der Waals surface area contributed by atoms with Gasteiger partial charge in [0.1, 0.15) is 5.69 Å². The normalized spacial score (nSPS) is 14.2. The van der Waals surface area contributed by atoms with E-state index in [4.69, 9.17) is 0 Å². The van der Waals surface area contributed by atoms with Crippen molar-refractivity contribution >= 4 is 21.6 Å². The first-order valence-electron chi connectivity index (χ1n) is 9.50. The smallest absolute Gasteiger partial charge is 0.274 e. The lowest BCUT2D eigenvalue weighted by atomic mass is 10.0. The highest BCUT2D eigenvalue weighted by Crippen LogP contribution is 2.25. The van der Waals surface area contributed by atoms with Gasteiger partial charge in [-0.2, -0.15) is 4.31 Å². The highest BCUT2D eigenvalue weighted by atomic mass is 32.2. The minimum absolute atomic E-state index is 0.0514. The molecule has 30 heavy (non-hydrogen) atoms. The summed E-state index contributed by atoms with van der Waals surface area (Å²) in [6.07, 6.45) is 2.23. The lowest BCUT2D eigenvalue weighted by Gasteiger charge is -2.28. The van der Waals surface area contributed by atoms with E-state index in [-0.39, 0.29) is 21.7 Å². The van der Waals surface area contributed by atoms with Gasteiger partial charge in [-0.3, -0.25) is 9.59 Å². The summed E-state index contributed by atoms with van der Waals surface area (Å²) >= 11 is 0. The van der Waals surface area contributed by atoms with Crippen molar-refractivity contribution in [1.82, 2.24) is 8.87 Å². The predicted octanol–water partition coefficient (Wildman–Crippen LogP) is 2.38. The molecule has 0 atom stereocenters. The zero-order chi connectivity index (χ0) is 21.3. The molecule has 1 amide bonds. The molecule has 1 aliphatic rings. The molecule has 2 aromatic carbocycles. The third-order valence-corrected chi connectivity index (χ3v) is 7.04. The summed E-state index contributed by atoms with van der Waals surface area (Å²) in [5, 5.41) is 2.56. The van der Waals surface area contributed by atoms with Gasteiger partial charge in [0.15, 0.2) is 0 Å². The Morgan fingerprint density at radius 1 is 1.00 bits per heavy atom. The van der Waals surface area contributed by atoms with Gasteiger partial charge in [-0.25, -0.2) is 8.42 Å². The van der Waals surface area contributed by atoms with Crippen LogP contribution in [0.2, 0.25) is 0 Å². The molecule has 0 bridgehead atoms. The molecule has 0 aliphatic carbocycles. The highest BCUT2D eigenvalue weighted by molar-refractivity contribution is 7.89. The molecule has 0 fully saturated rings. The summed E-state index contributed by atoms with van der Waals surface area (Å²) in [6, 6.07) is 16.8. The molecule has 0 saturated heterocycles. The molecule has 2 heterocycles. The van der Waals surface area contributed by atoms with Gasteiger partial charge in [0.05, 0.1) is 4.90 Å². The summed E-state index contributed by atoms with van der Waals surface area (Å²) in [7, 11) is -2.18. The van der Waals surface area contributed by atoms with E-state index in [2.05, 4.69) is 5.32 Å². The van der Waals surface area contributed by atoms with Gasteiger partial charge >= 0.3 is 0 Å². The first kappa shape index (κ1) is 20.1. The summed E-state index contributed by atoms with van der Waals surface area (Å²) < 4.78 is 29.1. The first-order chi connectivity index (χ1) is 14.4. The van der Waals surface area contributed by atoms with E-state index in [0.29, 0.717) is 19.5 Å². The number of fused-ring (bicyclic) bond motifs is 1. The number of aryl methyl sites for hydroxylation is 1. The minimum atomic E-state index is -3.76. The lowest BCUT2D eigenvalue weighted by molar-refractivity contribution is 0.102. The van der Waals surface area contributed by atoms with Gasteiger partial charge in [0, 0.05) is 31.9 Å². The van der Waals surface area contributed by atoms with Crippen molar-refractivity contribution in [2.45, 2.75) is 17.9 Å². The molecule has 3 aromatic rings. The van der Waals surface area contributed by atoms with Crippen LogP contribution in [0.15, 0.2) is 76.6 Å². The summed E-state index contributed by atoms with van der Waals surface area (Å²) in [5.74, 6) is -0.542. The predicted molar refractivity (Wildman–Crippen MR) is 114 cm³/mol. The number of carbonyl (C=O) groups excluding carboxylic acids is 1. The Labute approximate surface area is 174 Å². The summed E-state index contributed by atoms with van der Waals surface area (Å²) in [6.45, 7) is 0.685. The Morgan fingerprint density at radius 3 is 2.57 bits per heavy atom. The number of amides is 1. The average Bonchev–Trinajstić information content (AvgIpc) is 2.76. The molecule has 154 valence electrons. The number of pyridine rings is 1. The van der Waals surface area contributed by atoms with Crippen LogP contribution in [0.4, 0.5) is 5.69 Å². The fraction of sp³-hybridized carbons (Fsp3) is 0.182. The van der Waals surface area contributed by atoms with Crippen molar-refractivity contribution in [3.05, 3.63) is 93.9 Å². The highest BCUT2D eigenvalue weighted by Gasteiger charge is 2.28. The Morgan fingerprint density at radius 2 is 1.77 bits per heavy atom. The van der Waals surface area contributed by atoms with Gasteiger partial charge in [0.25, 0.3) is 11.5 Å². The Hall–Kier alpha value is -3.23. The van der Waals surface area contributed by atoms with E-state index in [9.17, 15) is 18.0 Å². The van der Waals surface area contributed by atoms with Gasteiger partial charge < -0.3 is 9.88 Å². The number of benzene rings is 2. The number of nitrogens with zero attached hydrogens (tertiary/aromatic N) is 2. The quantitative estimate of drug-likeness (QED) is 0.698. The van der Waals surface area contributed by atoms with Crippen LogP contribution in [0, 0.1) is 0 Å². The van der Waals surface area contributed by atoms with Crippen LogP contribution in [-0.2, 0) is 30.0 Å². The third-order valence-electron chi connectivity index (χ3n) is 5.20. The van der Waals surface area contributed by atoms with E-state index >= 15 is 0 Å². The topological polar surface area (TPSA) is 88.5 Å². The van der Waals surface area contributed by atoms with E-state index in [0.717, 1.165) is 11.1 Å². The fourth-order valence-corrected chi connectivity index (χ4v) is 4.97. The number of rotatable bonds is 4. The van der Waals surface area contributed by atoms with Crippen molar-refractivity contribution in [3.63, 3.8) is 0 Å². The van der Waals surface area contributed by atoms with Gasteiger partial charge in [0.2, 0.25) is 10.0 Å². The van der Waals surface area contributed by atoms with Gasteiger partial charge in [-0.15, -0.1) is 0 Å². The largest absolute Gasteiger partial charge is 0.317 e. The lowest BCUT2D eigenvalue weighted by Crippen LogP contribution is -2.36. The van der Waals surface area contributed by atoms with E-state index in [1.165, 1.54) is 39.2 Å². The molecular formula is C22H21N3O4S. The molecule has 0 spiro atoms. The molecule has 0 radical (unpaired) electrons. The maximum absolute atomic E-state index is 13.2. The van der Waals surface area contributed by atoms with Crippen molar-refractivity contribution in [2.75, 3.05) is 11.9 Å². The number of hydrogen-bond donors (Lipinski definition) is 1. The maximum atomic E-state index is 13.2. The maximum Gasteiger partial charge on any atom is 0.274 e. The molecule has 1 N–H and O–H groups in total. The number of aromatic nitrogens is 1. The Bertz CT molecular complexity index is 1280. The van der Waals surface area contributed by atoms with Crippen LogP contribution in [0.5, 0.6) is 0 Å². The first-order valence-corrected chi connectivity index (χ1v) is 10.9. The third kappa shape index (κ3) is 3.79. The summed E-state index contributed by atoms with van der Waals surface area (Å²) in [5.41, 5.74) is 2.09. The average molecular weight is 423 g/mol. The Balaban J connectivity index is 1.59. The van der Waals surface area contributed by atoms with Crippen molar-refractivity contribution in [1.29, 1.82) is 0 Å². The van der Waals surface area contributed by atoms with Crippen molar-refractivity contribution in [2.24, 2.45) is 7.05 Å². The summed E-state index contributed by atoms with van der Waals surface area (Å²) in [4.78, 5) is 24.8. The van der Waals surface area contributed by atoms with Crippen LogP contribution in [-0.4, -0.2) is 29.7 Å². The Kier molecular flexibility index (Phi) is 5.27. The number of carbonyl (C=O) groups is 1. The second kappa shape index (κ2) is 7.89. The SMILES string of the molecule is Cn1cccc(NC(=O)c2cccc(S(=O)(=O)N3CCc4ccccc4C3)c2)c1=O.